The van der Waals surface area contributed by atoms with Gasteiger partial charge < -0.3 is 59.8 Å². The lowest BCUT2D eigenvalue weighted by Gasteiger charge is -2.47. The van der Waals surface area contributed by atoms with Gasteiger partial charge in [-0.15, -0.1) is 0 Å². The van der Waals surface area contributed by atoms with Gasteiger partial charge in [-0.05, 0) is 143 Å². The Balaban J connectivity index is 0.000000327. The Hall–Kier alpha value is -5.37. The summed E-state index contributed by atoms with van der Waals surface area (Å²) in [4.78, 5) is 40.8. The van der Waals surface area contributed by atoms with Gasteiger partial charge in [0.25, 0.3) is 0 Å². The Kier molecular flexibility index (Phi) is 8.07. The molecule has 0 saturated carbocycles. The van der Waals surface area contributed by atoms with E-state index in [4.69, 9.17) is 138 Å². The van der Waals surface area contributed by atoms with E-state index in [0.717, 1.165) is 59.8 Å². The molecule has 504 valence electrons. The Morgan fingerprint density at radius 1 is 0.478 bits per heavy atom. The summed E-state index contributed by atoms with van der Waals surface area (Å²) in [5.74, 6) is -48.1. The van der Waals surface area contributed by atoms with E-state index in [1.165, 1.54) is 0 Å². The van der Waals surface area contributed by atoms with Crippen molar-refractivity contribution in [1.29, 1.82) is 0 Å². The lowest BCUT2D eigenvalue weighted by atomic mass is 9.79. The average molecular weight is 1330 g/mol. The standard InChI is InChI=1S/3C24H38N2O4/c3*1-14(2)9-17-13-26-8-7-16-10-21(28-5)22(29-6)11-18(16)19(26)12-20(17)30-24(27)23(25)15(3)4/h3*10-11,14-15,17,19-20,23H,7-9,12-13,25H2,1-6H3/t3*17?,19?,20?,23-/m000/s1/i1D3,3D3,4D3,5D3,7D2,8D2,9D2,12D2,13D2,14D,15D,17D,23D;2*1D3,3D3,4D3,7D2,8D2,9D2,12D2,13D2,14D,15D,17D,23D/t3*14?,17?,19?,20?,23-. The summed E-state index contributed by atoms with van der Waals surface area (Å²) in [5, 5.41) is 0. The van der Waals surface area contributed by atoms with Crippen molar-refractivity contribution in [2.45, 2.75) is 194 Å². The van der Waals surface area contributed by atoms with Gasteiger partial charge in [0.1, 0.15) is 36.4 Å². The molecule has 0 aromatic heterocycles. The van der Waals surface area contributed by atoms with Crippen LogP contribution in [0.3, 0.4) is 0 Å². The van der Waals surface area contributed by atoms with Gasteiger partial charge in [0.2, 0.25) is 0 Å². The van der Waals surface area contributed by atoms with Crippen molar-refractivity contribution in [2.24, 2.45) is 70.2 Å². The number of piperidine rings is 3. The van der Waals surface area contributed by atoms with Gasteiger partial charge in [-0.25, -0.2) is 0 Å². The summed E-state index contributed by atoms with van der Waals surface area (Å²) in [6.45, 7) is -60.0. The first-order valence-electron chi connectivity index (χ1n) is 61.8. The van der Waals surface area contributed by atoms with Crippen LogP contribution in [0.1, 0.15) is 271 Å². The number of benzene rings is 3. The lowest BCUT2D eigenvalue weighted by molar-refractivity contribution is -0.161. The van der Waals surface area contributed by atoms with Crippen LogP contribution >= 0.6 is 0 Å². The second-order valence-corrected chi connectivity index (χ2v) is 18.9. The molecule has 15 atom stereocenters. The van der Waals surface area contributed by atoms with Crippen LogP contribution in [-0.4, -0.2) is 151 Å². The normalized spacial score (nSPS) is 51.1. The van der Waals surface area contributed by atoms with Crippen molar-refractivity contribution in [3.63, 3.8) is 0 Å². The highest BCUT2D eigenvalue weighted by molar-refractivity contribution is 5.77. The fourth-order valence-corrected chi connectivity index (χ4v) is 8.58. The van der Waals surface area contributed by atoms with Crippen LogP contribution in [0.5, 0.6) is 34.5 Å². The first kappa shape index (κ1) is 22.4. The third-order valence-electron chi connectivity index (χ3n) is 12.7. The highest BCUT2D eigenvalue weighted by Gasteiger charge is 2.45. The molecule has 0 spiro atoms. The molecule has 18 nitrogen and oxygen atoms in total. The predicted octanol–water partition coefficient (Wildman–Crippen LogP) is 10.7. The second-order valence-electron chi connectivity index (χ2n) is 18.9. The van der Waals surface area contributed by atoms with Gasteiger partial charge in [0, 0.05) is 184 Å². The minimum atomic E-state index is -4.53. The predicted molar refractivity (Wildman–Crippen MR) is 353 cm³/mol. The van der Waals surface area contributed by atoms with Gasteiger partial charge in [-0.1, -0.05) is 82.4 Å². The number of nitrogens with two attached hydrogens (primary N) is 3. The van der Waals surface area contributed by atoms with Crippen molar-refractivity contribution in [3.05, 3.63) is 69.8 Å². The first-order chi connectivity index (χ1) is 70.5. The van der Waals surface area contributed by atoms with E-state index in [1.807, 2.05) is 0 Å². The van der Waals surface area contributed by atoms with Crippen molar-refractivity contribution in [1.82, 2.24) is 14.7 Å². The Labute approximate surface area is 640 Å². The molecule has 6 aliphatic heterocycles. The molecule has 3 saturated heterocycles. The largest absolute Gasteiger partial charge is 0.493 e. The van der Waals surface area contributed by atoms with Crippen LogP contribution in [0.2, 0.25) is 0 Å². The number of ether oxygens (including phenoxy) is 9. The third-order valence-corrected chi connectivity index (χ3v) is 12.7. The smallest absolute Gasteiger partial charge is 0.323 e. The molecular formula is C72H114N6O12. The lowest BCUT2D eigenvalue weighted by Crippen LogP contribution is -2.51. The van der Waals surface area contributed by atoms with Crippen molar-refractivity contribution >= 4 is 17.9 Å². The van der Waals surface area contributed by atoms with Crippen LogP contribution in [0.25, 0.3) is 0 Å². The Bertz CT molecular complexity index is 5810. The molecule has 0 radical (unpaired) electrons. The number of carbonyl (C=O) groups is 3. The number of methoxy groups -OCH3 is 6. The molecule has 12 unspecified atom stereocenters. The number of aryl methyl sites for hydroxylation is 3. The van der Waals surface area contributed by atoms with Crippen molar-refractivity contribution in [3.8, 4) is 34.5 Å². The van der Waals surface area contributed by atoms with E-state index in [-0.39, 0.29) is 37.7 Å². The average Bonchev–Trinajstić information content (AvgIpc) is 0.654. The van der Waals surface area contributed by atoms with Crippen LogP contribution in [0.4, 0.5) is 0 Å². The second kappa shape index (κ2) is 32.5. The summed E-state index contributed by atoms with van der Waals surface area (Å²) in [5.41, 5.74) is 12.3. The Morgan fingerprint density at radius 2 is 0.744 bits per heavy atom. The quantitative estimate of drug-likeness (QED) is 0.0666. The summed E-state index contributed by atoms with van der Waals surface area (Å²) >= 11 is 0. The van der Waals surface area contributed by atoms with E-state index in [0.29, 0.717) is 32.9 Å². The molecular weight excluding hydrogens is 1140 g/mol. The summed E-state index contributed by atoms with van der Waals surface area (Å²) in [6.07, 6.45) is -46.0. The first-order valence-corrected chi connectivity index (χ1v) is 25.8. The number of nitrogens with zero attached hydrogens (tertiary/aromatic N) is 3. The van der Waals surface area contributed by atoms with Crippen molar-refractivity contribution < 1.29 is 156 Å². The van der Waals surface area contributed by atoms with Crippen LogP contribution in [-0.2, 0) is 47.7 Å². The number of hydrogen-bond donors (Lipinski definition) is 3. The summed E-state index contributed by atoms with van der Waals surface area (Å²) < 4.78 is 653. The molecule has 0 amide bonds. The molecule has 3 aromatic carbocycles. The molecule has 90 heavy (non-hydrogen) atoms. The van der Waals surface area contributed by atoms with Crippen LogP contribution in [0.15, 0.2) is 36.4 Å². The van der Waals surface area contributed by atoms with Crippen molar-refractivity contribution in [2.75, 3.05) is 81.6 Å². The molecule has 0 aliphatic carbocycles. The van der Waals surface area contributed by atoms with E-state index in [9.17, 15) is 34.9 Å². The van der Waals surface area contributed by atoms with E-state index < -0.39 is 335 Å². The van der Waals surface area contributed by atoms with Gasteiger partial charge in [-0.3, -0.25) is 29.1 Å². The fraction of sp³-hybridized carbons (Fsp3) is 0.708. The maximum Gasteiger partial charge on any atom is 0.323 e. The van der Waals surface area contributed by atoms with Crippen LogP contribution < -0.4 is 45.6 Å². The molecule has 9 rings (SSSR count). The summed E-state index contributed by atoms with van der Waals surface area (Å²) in [7, 11) is 2.07. The summed E-state index contributed by atoms with van der Waals surface area (Å²) in [6, 6.07) is -16.3. The Morgan fingerprint density at radius 3 is 0.989 bits per heavy atom. The number of hydrogen-bond acceptors (Lipinski definition) is 18. The number of fused-ring (bicyclic) bond motifs is 9. The van der Waals surface area contributed by atoms with Gasteiger partial charge in [0.15, 0.2) is 34.5 Å². The minimum absolute atomic E-state index is 0.237. The molecule has 6 heterocycles. The van der Waals surface area contributed by atoms with Crippen LogP contribution in [0, 0.1) is 53.0 Å². The fourth-order valence-electron chi connectivity index (χ4n) is 8.58. The SMILES string of the molecule is [2H]C([2H])([2H])Oc1cc2c(cc1OC)C1N(C([2H])([2H])C2([2H])[2H])C([2H])([2H])C([2H])(C([2H])([2H])C([2H])(C)C([2H])([2H])[2H])C(OC(=O)[C@@]([2H])(N)C([2H])(C([2H])([2H])[2H])C([2H])([2H])[2H])C1([2H])[2H].[2H]C1([2H])C2c3cc(OC)c(OC)cc3C([2H])([2H])C([2H])([2H])N2C([2H])([2H])C([2H])(C([2H])([2H])C([2H])(C)C([2H])([2H])[2H])C1OC(=O)[C@@]([2H])(N)C([2H])(C([2H])([2H])[2H])C([2H])([2H])[2H].[2H]C1([2H])C2c3cc(OC)c(OC)cc3C([2H])([2H])C([2H])([2H])N2C([2H])([2H])C([2H])(C([2H])([2H])C([2H])(C)C([2H])([2H])[2H])C1OC(=O)[C@@]([2H])(N)C([2H])(C([2H])([2H])[2H])C([2H])([2H])[2H]. The third kappa shape index (κ3) is 17.5. The topological polar surface area (TPSA) is 222 Å². The maximum absolute atomic E-state index is 13.9. The van der Waals surface area contributed by atoms with E-state index in [2.05, 4.69) is 0 Å². The zero-order valence-corrected chi connectivity index (χ0v) is 48.9. The molecule has 3 aromatic rings. The molecule has 6 aliphatic rings. The number of carbonyl (C=O) groups excluding carboxylic acids is 3. The highest BCUT2D eigenvalue weighted by Crippen LogP contribution is 2.48. The molecule has 3 fully saturated rings. The molecule has 18 heteroatoms. The van der Waals surface area contributed by atoms with E-state index in [1.54, 1.807) is 0 Å². The van der Waals surface area contributed by atoms with Gasteiger partial charge in [-0.2, -0.15) is 0 Å². The number of rotatable bonds is 21. The maximum atomic E-state index is 13.9. The minimum Gasteiger partial charge on any atom is -0.493 e. The zero-order chi connectivity index (χ0) is 129. The highest BCUT2D eigenvalue weighted by atomic mass is 16.6. The number of esters is 3. The molecule has 0 bridgehead atoms. The monoisotopic (exact) mass is 1330 g/mol. The zero-order valence-electron chi connectivity index (χ0n) is 121. The van der Waals surface area contributed by atoms with E-state index >= 15 is 0 Å². The van der Waals surface area contributed by atoms with Gasteiger partial charge in [0.05, 0.1) is 50.8 Å². The molecule has 6 N–H and O–H groups in total. The van der Waals surface area contributed by atoms with Gasteiger partial charge >= 0.3 is 17.9 Å².